The Morgan fingerprint density at radius 2 is 2.00 bits per heavy atom. The van der Waals surface area contributed by atoms with Crippen LogP contribution in [0.5, 0.6) is 5.75 Å². The van der Waals surface area contributed by atoms with Crippen LogP contribution in [0, 0.1) is 11.8 Å². The van der Waals surface area contributed by atoms with E-state index in [1.54, 1.807) is 56.2 Å². The number of aliphatic hydroxyl groups is 1. The van der Waals surface area contributed by atoms with Gasteiger partial charge in [-0.2, -0.15) is 0 Å². The van der Waals surface area contributed by atoms with E-state index in [1.807, 2.05) is 18.2 Å². The van der Waals surface area contributed by atoms with Crippen molar-refractivity contribution in [3.05, 3.63) is 59.7 Å². The largest absolute Gasteiger partial charge is 0.497 e. The van der Waals surface area contributed by atoms with Gasteiger partial charge in [-0.15, -0.1) is 0 Å². The lowest BCUT2D eigenvalue weighted by atomic mass is 10.1. The van der Waals surface area contributed by atoms with E-state index in [1.165, 1.54) is 0 Å². The zero-order valence-corrected chi connectivity index (χ0v) is 16.7. The van der Waals surface area contributed by atoms with E-state index >= 15 is 0 Å². The van der Waals surface area contributed by atoms with Crippen molar-refractivity contribution in [3.63, 3.8) is 0 Å². The van der Waals surface area contributed by atoms with Crippen LogP contribution in [0.25, 0.3) is 0 Å². The summed E-state index contributed by atoms with van der Waals surface area (Å²) in [6.45, 7) is 3.60. The molecule has 6 heteroatoms. The maximum Gasteiger partial charge on any atom is 0.251 e. The van der Waals surface area contributed by atoms with Crippen LogP contribution in [-0.4, -0.2) is 42.2 Å². The number of nitrogens with one attached hydrogen (secondary N) is 1. The summed E-state index contributed by atoms with van der Waals surface area (Å²) in [6.07, 6.45) is 0.237. The molecular weight excluding hydrogens is 368 g/mol. The van der Waals surface area contributed by atoms with Crippen molar-refractivity contribution in [2.45, 2.75) is 31.9 Å². The minimum Gasteiger partial charge on any atom is -0.497 e. The van der Waals surface area contributed by atoms with Gasteiger partial charge in [0.1, 0.15) is 11.4 Å². The number of carbonyl (C=O) groups excluding carboxylic acids is 2. The maximum absolute atomic E-state index is 12.6. The summed E-state index contributed by atoms with van der Waals surface area (Å²) >= 11 is 0. The number of hydrogen-bond acceptors (Lipinski definition) is 4. The van der Waals surface area contributed by atoms with Gasteiger partial charge in [0.05, 0.1) is 13.2 Å². The third kappa shape index (κ3) is 5.37. The first-order valence-corrected chi connectivity index (χ1v) is 9.36. The van der Waals surface area contributed by atoms with Crippen molar-refractivity contribution in [1.82, 2.24) is 5.32 Å². The molecule has 2 amide bonds. The van der Waals surface area contributed by atoms with Gasteiger partial charge in [0.2, 0.25) is 5.91 Å². The zero-order valence-electron chi connectivity index (χ0n) is 16.7. The second-order valence-electron chi connectivity index (χ2n) is 7.47. The van der Waals surface area contributed by atoms with E-state index in [9.17, 15) is 14.7 Å². The Hall–Kier alpha value is -3.30. The van der Waals surface area contributed by atoms with Crippen LogP contribution in [0.3, 0.4) is 0 Å². The number of benzene rings is 2. The Morgan fingerprint density at radius 1 is 1.24 bits per heavy atom. The van der Waals surface area contributed by atoms with Crippen LogP contribution in [0.4, 0.5) is 5.69 Å². The first-order chi connectivity index (χ1) is 13.7. The highest BCUT2D eigenvalue weighted by Crippen LogP contribution is 2.25. The van der Waals surface area contributed by atoms with Crippen molar-refractivity contribution in [2.24, 2.45) is 0 Å². The molecule has 1 atom stereocenters. The predicted molar refractivity (Wildman–Crippen MR) is 111 cm³/mol. The first kappa shape index (κ1) is 20.4. The Balaban J connectivity index is 1.68. The fraction of sp³-hybridized carbons (Fsp3) is 0.304. The van der Waals surface area contributed by atoms with Crippen molar-refractivity contribution < 1.29 is 19.4 Å². The van der Waals surface area contributed by atoms with Gasteiger partial charge in [0.25, 0.3) is 5.91 Å². The number of rotatable bonds is 4. The topological polar surface area (TPSA) is 78.9 Å². The second-order valence-corrected chi connectivity index (χ2v) is 7.47. The zero-order chi connectivity index (χ0) is 21.0. The Bertz CT molecular complexity index is 982. The molecule has 0 saturated carbocycles. The summed E-state index contributed by atoms with van der Waals surface area (Å²) < 4.78 is 5.22. The molecule has 1 aliphatic rings. The third-order valence-electron chi connectivity index (χ3n) is 4.46. The van der Waals surface area contributed by atoms with E-state index in [0.29, 0.717) is 23.4 Å². The van der Waals surface area contributed by atoms with Gasteiger partial charge in [-0.05, 0) is 44.2 Å². The molecule has 3 rings (SSSR count). The number of ether oxygens (including phenoxy) is 1. The van der Waals surface area contributed by atoms with E-state index in [0.717, 1.165) is 5.69 Å². The molecule has 0 aromatic heterocycles. The minimum absolute atomic E-state index is 0.0478. The van der Waals surface area contributed by atoms with Crippen LogP contribution in [0.2, 0.25) is 0 Å². The van der Waals surface area contributed by atoms with Crippen LogP contribution in [0.1, 0.15) is 36.2 Å². The number of methoxy groups -OCH3 is 1. The summed E-state index contributed by atoms with van der Waals surface area (Å²) in [5, 5.41) is 12.6. The molecular formula is C23H24N2O4. The highest BCUT2D eigenvalue weighted by atomic mass is 16.5. The van der Waals surface area contributed by atoms with Gasteiger partial charge in [0, 0.05) is 35.8 Å². The number of nitrogens with zero attached hydrogens (tertiary/aromatic N) is 1. The summed E-state index contributed by atoms with van der Waals surface area (Å²) in [4.78, 5) is 26.7. The molecule has 0 aliphatic carbocycles. The van der Waals surface area contributed by atoms with Crippen LogP contribution >= 0.6 is 0 Å². The van der Waals surface area contributed by atoms with Crippen molar-refractivity contribution in [3.8, 4) is 17.6 Å². The van der Waals surface area contributed by atoms with Crippen LogP contribution in [-0.2, 0) is 4.79 Å². The number of anilines is 1. The molecule has 0 bridgehead atoms. The molecule has 1 unspecified atom stereocenters. The molecule has 2 N–H and O–H groups in total. The van der Waals surface area contributed by atoms with Gasteiger partial charge in [-0.1, -0.05) is 24.0 Å². The molecule has 1 heterocycles. The lowest BCUT2D eigenvalue weighted by Gasteiger charge is -2.18. The number of carbonyl (C=O) groups is 2. The average Bonchev–Trinajstić information content (AvgIpc) is 3.06. The molecule has 1 fully saturated rings. The normalized spacial score (nSPS) is 16.2. The SMILES string of the molecule is COc1cccc(N2CC(NC(=O)c3cccc(C#CC(C)(C)O)c3)CC2=O)c1. The predicted octanol–water partition coefficient (Wildman–Crippen LogP) is 2.35. The third-order valence-corrected chi connectivity index (χ3v) is 4.46. The average molecular weight is 392 g/mol. The summed E-state index contributed by atoms with van der Waals surface area (Å²) in [7, 11) is 1.58. The molecule has 1 aliphatic heterocycles. The lowest BCUT2D eigenvalue weighted by molar-refractivity contribution is -0.117. The smallest absolute Gasteiger partial charge is 0.251 e. The van der Waals surface area contributed by atoms with E-state index in [-0.39, 0.29) is 24.3 Å². The van der Waals surface area contributed by atoms with Crippen LogP contribution in [0.15, 0.2) is 48.5 Å². The second kappa shape index (κ2) is 8.38. The van der Waals surface area contributed by atoms with Gasteiger partial charge >= 0.3 is 0 Å². The first-order valence-electron chi connectivity index (χ1n) is 9.36. The molecule has 2 aromatic carbocycles. The van der Waals surface area contributed by atoms with Gasteiger partial charge in [-0.25, -0.2) is 0 Å². The van der Waals surface area contributed by atoms with Crippen molar-refractivity contribution in [2.75, 3.05) is 18.6 Å². The minimum atomic E-state index is -1.11. The molecule has 1 saturated heterocycles. The van der Waals surface area contributed by atoms with E-state index < -0.39 is 5.60 Å². The van der Waals surface area contributed by atoms with E-state index in [2.05, 4.69) is 17.2 Å². The molecule has 29 heavy (non-hydrogen) atoms. The van der Waals surface area contributed by atoms with Gasteiger partial charge in [0.15, 0.2) is 0 Å². The Labute approximate surface area is 170 Å². The number of amides is 2. The lowest BCUT2D eigenvalue weighted by Crippen LogP contribution is -2.37. The quantitative estimate of drug-likeness (QED) is 0.783. The molecule has 150 valence electrons. The molecule has 0 spiro atoms. The molecule has 6 nitrogen and oxygen atoms in total. The van der Waals surface area contributed by atoms with E-state index in [4.69, 9.17) is 4.74 Å². The summed E-state index contributed by atoms with van der Waals surface area (Å²) in [5.74, 6) is 5.96. The fourth-order valence-corrected chi connectivity index (χ4v) is 3.06. The standard InChI is InChI=1S/C23H24N2O4/c1-23(2,28)11-10-16-6-4-7-17(12-16)22(27)24-18-13-21(26)25(15-18)19-8-5-9-20(14-19)29-3/h4-9,12,14,18,28H,13,15H2,1-3H3,(H,24,27). The summed E-state index contributed by atoms with van der Waals surface area (Å²) in [5.41, 5.74) is 0.738. The monoisotopic (exact) mass is 392 g/mol. The van der Waals surface area contributed by atoms with Crippen molar-refractivity contribution in [1.29, 1.82) is 0 Å². The maximum atomic E-state index is 12.6. The highest BCUT2D eigenvalue weighted by Gasteiger charge is 2.32. The summed E-state index contributed by atoms with van der Waals surface area (Å²) in [6, 6.07) is 13.9. The van der Waals surface area contributed by atoms with Crippen molar-refractivity contribution >= 4 is 17.5 Å². The molecule has 2 aromatic rings. The Kier molecular flexibility index (Phi) is 5.90. The molecule has 0 radical (unpaired) electrons. The number of hydrogen-bond donors (Lipinski definition) is 2. The van der Waals surface area contributed by atoms with Crippen LogP contribution < -0.4 is 15.0 Å². The van der Waals surface area contributed by atoms with Gasteiger partial charge < -0.3 is 20.1 Å². The highest BCUT2D eigenvalue weighted by molar-refractivity contribution is 5.99. The fourth-order valence-electron chi connectivity index (χ4n) is 3.06. The van der Waals surface area contributed by atoms with Gasteiger partial charge in [-0.3, -0.25) is 9.59 Å². The Morgan fingerprint density at radius 3 is 2.72 bits per heavy atom.